The molecule has 0 aliphatic carbocycles. The van der Waals surface area contributed by atoms with E-state index >= 15 is 0 Å². The first-order valence-electron chi connectivity index (χ1n) is 9.27. The molecule has 1 fully saturated rings. The van der Waals surface area contributed by atoms with Crippen LogP contribution in [0.2, 0.25) is 5.02 Å². The summed E-state index contributed by atoms with van der Waals surface area (Å²) in [7, 11) is -3.87. The molecule has 148 valence electrons. The highest BCUT2D eigenvalue weighted by atomic mass is 35.5. The van der Waals surface area contributed by atoms with Gasteiger partial charge < -0.3 is 10.1 Å². The lowest BCUT2D eigenvalue weighted by molar-refractivity contribution is 0.0857. The monoisotopic (exact) mass is 420 g/mol. The number of para-hydroxylation sites is 1. The minimum absolute atomic E-state index is 0.0144. The number of rotatable bonds is 5. The molecule has 2 aliphatic rings. The number of halogens is 1. The third-order valence-electron chi connectivity index (χ3n) is 5.12. The molecular weight excluding hydrogens is 400 g/mol. The van der Waals surface area contributed by atoms with Gasteiger partial charge in [0.1, 0.15) is 4.90 Å². The first-order chi connectivity index (χ1) is 13.5. The molecular formula is C20H21ClN2O4S. The second-order valence-electron chi connectivity index (χ2n) is 6.95. The number of fused-ring (bicyclic) bond motifs is 1. The van der Waals surface area contributed by atoms with Gasteiger partial charge in [-0.15, -0.1) is 0 Å². The lowest BCUT2D eigenvalue weighted by atomic mass is 10.2. The quantitative estimate of drug-likeness (QED) is 0.806. The summed E-state index contributed by atoms with van der Waals surface area (Å²) < 4.78 is 33.4. The Bertz CT molecular complexity index is 1000. The normalized spacial score (nSPS) is 18.9. The fourth-order valence-electron chi connectivity index (χ4n) is 3.63. The number of benzene rings is 2. The molecule has 1 atom stereocenters. The van der Waals surface area contributed by atoms with Gasteiger partial charge in [-0.05, 0) is 49.1 Å². The van der Waals surface area contributed by atoms with Gasteiger partial charge in [0.15, 0.2) is 0 Å². The molecule has 0 bridgehead atoms. The molecule has 2 aromatic rings. The van der Waals surface area contributed by atoms with Gasteiger partial charge in [0.2, 0.25) is 0 Å². The number of ether oxygens (including phenoxy) is 1. The zero-order chi connectivity index (χ0) is 19.7. The zero-order valence-corrected chi connectivity index (χ0v) is 16.8. The Kier molecular flexibility index (Phi) is 5.31. The van der Waals surface area contributed by atoms with E-state index in [1.54, 1.807) is 6.07 Å². The van der Waals surface area contributed by atoms with E-state index in [1.165, 1.54) is 22.5 Å². The van der Waals surface area contributed by atoms with E-state index < -0.39 is 10.0 Å². The molecule has 0 radical (unpaired) electrons. The van der Waals surface area contributed by atoms with Crippen molar-refractivity contribution in [2.45, 2.75) is 30.3 Å². The number of carbonyl (C=O) groups is 1. The van der Waals surface area contributed by atoms with E-state index in [1.807, 2.05) is 18.2 Å². The highest BCUT2D eigenvalue weighted by molar-refractivity contribution is 7.93. The van der Waals surface area contributed by atoms with Crippen LogP contribution in [0.25, 0.3) is 0 Å². The minimum Gasteiger partial charge on any atom is -0.376 e. The lowest BCUT2D eigenvalue weighted by Gasteiger charge is -2.20. The number of hydrogen-bond donors (Lipinski definition) is 1. The molecule has 0 aromatic heterocycles. The van der Waals surface area contributed by atoms with Crippen LogP contribution in [0.15, 0.2) is 47.4 Å². The Balaban J connectivity index is 1.59. The lowest BCUT2D eigenvalue weighted by Crippen LogP contribution is -2.32. The topological polar surface area (TPSA) is 75.7 Å². The van der Waals surface area contributed by atoms with Crippen LogP contribution < -0.4 is 9.62 Å². The van der Waals surface area contributed by atoms with E-state index in [0.29, 0.717) is 31.8 Å². The third kappa shape index (κ3) is 3.62. The van der Waals surface area contributed by atoms with Crippen LogP contribution >= 0.6 is 11.6 Å². The predicted molar refractivity (Wildman–Crippen MR) is 107 cm³/mol. The van der Waals surface area contributed by atoms with Gasteiger partial charge in [0.05, 0.1) is 16.8 Å². The maximum absolute atomic E-state index is 13.2. The maximum Gasteiger partial charge on any atom is 0.265 e. The highest BCUT2D eigenvalue weighted by Crippen LogP contribution is 2.35. The van der Waals surface area contributed by atoms with E-state index in [2.05, 4.69) is 5.32 Å². The maximum atomic E-state index is 13.2. The van der Waals surface area contributed by atoms with Gasteiger partial charge >= 0.3 is 0 Å². The van der Waals surface area contributed by atoms with Crippen molar-refractivity contribution in [1.82, 2.24) is 5.32 Å². The number of nitrogens with one attached hydrogen (secondary N) is 1. The van der Waals surface area contributed by atoms with Crippen molar-refractivity contribution in [3.63, 3.8) is 0 Å². The number of nitrogens with zero attached hydrogens (tertiary/aromatic N) is 1. The summed E-state index contributed by atoms with van der Waals surface area (Å²) in [5.41, 5.74) is 1.90. The molecule has 0 saturated carbocycles. The van der Waals surface area contributed by atoms with E-state index in [-0.39, 0.29) is 27.5 Å². The molecule has 1 N–H and O–H groups in total. The van der Waals surface area contributed by atoms with Gasteiger partial charge in [-0.3, -0.25) is 9.10 Å². The Morgan fingerprint density at radius 3 is 2.86 bits per heavy atom. The summed E-state index contributed by atoms with van der Waals surface area (Å²) in [6.45, 7) is 1.47. The van der Waals surface area contributed by atoms with Crippen molar-refractivity contribution in [2.75, 3.05) is 24.0 Å². The van der Waals surface area contributed by atoms with Crippen molar-refractivity contribution < 1.29 is 17.9 Å². The summed E-state index contributed by atoms with van der Waals surface area (Å²) in [5.74, 6) is -0.342. The largest absolute Gasteiger partial charge is 0.376 e. The summed E-state index contributed by atoms with van der Waals surface area (Å²) in [4.78, 5) is 12.4. The fraction of sp³-hybridized carbons (Fsp3) is 0.350. The van der Waals surface area contributed by atoms with Crippen LogP contribution in [0.3, 0.4) is 0 Å². The van der Waals surface area contributed by atoms with Crippen molar-refractivity contribution in [3.8, 4) is 0 Å². The van der Waals surface area contributed by atoms with Crippen LogP contribution in [-0.4, -0.2) is 40.1 Å². The summed E-state index contributed by atoms with van der Waals surface area (Å²) in [6, 6.07) is 11.7. The Morgan fingerprint density at radius 1 is 1.25 bits per heavy atom. The summed E-state index contributed by atoms with van der Waals surface area (Å²) in [5, 5.41) is 2.91. The third-order valence-corrected chi connectivity index (χ3v) is 7.42. The van der Waals surface area contributed by atoms with Gasteiger partial charge in [0, 0.05) is 25.3 Å². The van der Waals surface area contributed by atoms with Gasteiger partial charge in [0.25, 0.3) is 15.9 Å². The number of amides is 1. The Labute approximate surface area is 169 Å². The SMILES string of the molecule is O=C(NCC1CCCO1)c1ccc(Cl)c(S(=O)(=O)N2CCc3ccccc32)c1. The average molecular weight is 421 g/mol. The van der Waals surface area contributed by atoms with E-state index in [0.717, 1.165) is 18.4 Å². The molecule has 6 nitrogen and oxygen atoms in total. The molecule has 4 rings (SSSR count). The standard InChI is InChI=1S/C20H21ClN2O4S/c21-17-8-7-15(20(24)22-13-16-5-3-11-27-16)12-19(17)28(25,26)23-10-9-14-4-1-2-6-18(14)23/h1-2,4,6-8,12,16H,3,5,9-11,13H2,(H,22,24). The van der Waals surface area contributed by atoms with Gasteiger partial charge in [-0.25, -0.2) is 8.42 Å². The first-order valence-corrected chi connectivity index (χ1v) is 11.1. The zero-order valence-electron chi connectivity index (χ0n) is 15.2. The summed E-state index contributed by atoms with van der Waals surface area (Å²) >= 11 is 6.21. The Hall–Kier alpha value is -2.09. The van der Waals surface area contributed by atoms with E-state index in [4.69, 9.17) is 16.3 Å². The van der Waals surface area contributed by atoms with Crippen LogP contribution in [-0.2, 0) is 21.2 Å². The van der Waals surface area contributed by atoms with Crippen LogP contribution in [0.4, 0.5) is 5.69 Å². The van der Waals surface area contributed by atoms with Crippen LogP contribution in [0.5, 0.6) is 0 Å². The first kappa shape index (κ1) is 19.2. The highest BCUT2D eigenvalue weighted by Gasteiger charge is 2.32. The predicted octanol–water partition coefficient (Wildman–Crippen LogP) is 3.00. The minimum atomic E-state index is -3.87. The summed E-state index contributed by atoms with van der Waals surface area (Å²) in [6.07, 6.45) is 2.56. The number of sulfonamides is 1. The second-order valence-corrected chi connectivity index (χ2v) is 9.18. The van der Waals surface area contributed by atoms with Crippen molar-refractivity contribution in [3.05, 3.63) is 58.6 Å². The van der Waals surface area contributed by atoms with Crippen molar-refractivity contribution >= 4 is 33.2 Å². The average Bonchev–Trinajstić information content (AvgIpc) is 3.36. The molecule has 1 amide bonds. The molecule has 2 heterocycles. The number of anilines is 1. The van der Waals surface area contributed by atoms with Gasteiger partial charge in [-0.2, -0.15) is 0 Å². The molecule has 2 aromatic carbocycles. The molecule has 1 saturated heterocycles. The molecule has 8 heteroatoms. The van der Waals surface area contributed by atoms with Gasteiger partial charge in [-0.1, -0.05) is 29.8 Å². The van der Waals surface area contributed by atoms with Crippen molar-refractivity contribution in [1.29, 1.82) is 0 Å². The fourth-order valence-corrected chi connectivity index (χ4v) is 5.64. The second kappa shape index (κ2) is 7.73. The molecule has 2 aliphatic heterocycles. The smallest absolute Gasteiger partial charge is 0.265 e. The molecule has 1 unspecified atom stereocenters. The molecule has 0 spiro atoms. The van der Waals surface area contributed by atoms with Crippen LogP contribution in [0, 0.1) is 0 Å². The Morgan fingerprint density at radius 2 is 2.07 bits per heavy atom. The number of hydrogen-bond acceptors (Lipinski definition) is 4. The number of carbonyl (C=O) groups excluding carboxylic acids is 1. The van der Waals surface area contributed by atoms with Crippen LogP contribution in [0.1, 0.15) is 28.8 Å². The van der Waals surface area contributed by atoms with E-state index in [9.17, 15) is 13.2 Å². The van der Waals surface area contributed by atoms with Crippen molar-refractivity contribution in [2.24, 2.45) is 0 Å². The molecule has 28 heavy (non-hydrogen) atoms.